The normalized spacial score (nSPS) is 14.2. The summed E-state index contributed by atoms with van der Waals surface area (Å²) in [4.78, 5) is 33.6. The van der Waals surface area contributed by atoms with E-state index in [0.29, 0.717) is 18.0 Å². The van der Waals surface area contributed by atoms with Crippen LogP contribution in [0.5, 0.6) is 0 Å². The zero-order valence-corrected chi connectivity index (χ0v) is 17.0. The first-order valence-electron chi connectivity index (χ1n) is 10.3. The maximum absolute atomic E-state index is 12.4. The van der Waals surface area contributed by atoms with E-state index >= 15 is 0 Å². The monoisotopic (exact) mass is 414 g/mol. The number of pyridine rings is 1. The third kappa shape index (κ3) is 3.92. The van der Waals surface area contributed by atoms with Crippen molar-refractivity contribution in [2.24, 2.45) is 0 Å². The van der Waals surface area contributed by atoms with Gasteiger partial charge in [-0.15, -0.1) is 0 Å². The minimum atomic E-state index is -0.118. The third-order valence-corrected chi connectivity index (χ3v) is 5.51. The maximum Gasteiger partial charge on any atom is 0.267 e. The highest BCUT2D eigenvalue weighted by molar-refractivity contribution is 5.50. The molecule has 0 atom stereocenters. The quantitative estimate of drug-likeness (QED) is 0.505. The van der Waals surface area contributed by atoms with Gasteiger partial charge in [-0.05, 0) is 23.8 Å². The number of fused-ring (bicyclic) bond motifs is 1. The Morgan fingerprint density at radius 2 is 1.45 bits per heavy atom. The molecule has 8 heteroatoms. The van der Waals surface area contributed by atoms with Crippen molar-refractivity contribution >= 4 is 17.3 Å². The molecule has 0 bridgehead atoms. The average Bonchev–Trinajstić information content (AvgIpc) is 2.81. The second kappa shape index (κ2) is 8.06. The van der Waals surface area contributed by atoms with E-state index in [1.165, 1.54) is 4.68 Å². The van der Waals surface area contributed by atoms with Crippen molar-refractivity contribution in [3.8, 4) is 0 Å². The van der Waals surface area contributed by atoms with E-state index in [9.17, 15) is 9.59 Å². The van der Waals surface area contributed by atoms with Gasteiger partial charge in [-0.2, -0.15) is 5.10 Å². The molecule has 31 heavy (non-hydrogen) atoms. The first-order valence-corrected chi connectivity index (χ1v) is 10.3. The number of hydrogen-bond acceptors (Lipinski definition) is 6. The first kappa shape index (κ1) is 19.0. The van der Waals surface area contributed by atoms with Crippen LogP contribution >= 0.6 is 0 Å². The summed E-state index contributed by atoms with van der Waals surface area (Å²) in [6, 6.07) is 20.3. The average molecular weight is 414 g/mol. The molecular weight excluding hydrogens is 392 g/mol. The van der Waals surface area contributed by atoms with Gasteiger partial charge in [-0.1, -0.05) is 36.4 Å². The number of rotatable bonds is 4. The Kier molecular flexibility index (Phi) is 4.95. The smallest absolute Gasteiger partial charge is 0.267 e. The lowest BCUT2D eigenvalue weighted by molar-refractivity contribution is 0.599. The molecule has 4 heterocycles. The highest BCUT2D eigenvalue weighted by atomic mass is 16.1. The summed E-state index contributed by atoms with van der Waals surface area (Å²) in [5.41, 5.74) is 1.47. The lowest BCUT2D eigenvalue weighted by atomic mass is 10.2. The van der Waals surface area contributed by atoms with Gasteiger partial charge in [0.05, 0.1) is 6.54 Å². The molecular formula is C23H22N6O2. The Labute approximate surface area is 178 Å². The Morgan fingerprint density at radius 1 is 0.742 bits per heavy atom. The molecule has 0 spiro atoms. The zero-order valence-electron chi connectivity index (χ0n) is 17.0. The fourth-order valence-electron chi connectivity index (χ4n) is 3.84. The van der Waals surface area contributed by atoms with Crippen LogP contribution in [0.4, 0.5) is 11.6 Å². The second-order valence-corrected chi connectivity index (χ2v) is 7.53. The van der Waals surface area contributed by atoms with Gasteiger partial charge in [0.1, 0.15) is 17.3 Å². The van der Waals surface area contributed by atoms with E-state index < -0.39 is 0 Å². The third-order valence-electron chi connectivity index (χ3n) is 5.51. The summed E-state index contributed by atoms with van der Waals surface area (Å²) in [7, 11) is 0. The number of aromatic nitrogens is 4. The molecule has 5 rings (SSSR count). The molecule has 156 valence electrons. The molecule has 8 nitrogen and oxygen atoms in total. The van der Waals surface area contributed by atoms with Crippen LogP contribution in [0.3, 0.4) is 0 Å². The zero-order chi connectivity index (χ0) is 21.2. The summed E-state index contributed by atoms with van der Waals surface area (Å²) >= 11 is 0. The summed E-state index contributed by atoms with van der Waals surface area (Å²) in [6.45, 7) is 3.33. The highest BCUT2D eigenvalue weighted by Gasteiger charge is 2.20. The predicted octanol–water partition coefficient (Wildman–Crippen LogP) is 1.63. The fraction of sp³-hybridized carbons (Fsp3) is 0.217. The first-order chi connectivity index (χ1) is 15.2. The molecule has 1 fully saturated rings. The van der Waals surface area contributed by atoms with Crippen LogP contribution in [0.25, 0.3) is 5.65 Å². The molecule has 4 aromatic rings. The SMILES string of the molecule is O=c1ccc(N2CCN(c3cc(=O)n4ccccc4n3)CC2)nn1Cc1ccccc1. The van der Waals surface area contributed by atoms with Gasteiger partial charge >= 0.3 is 0 Å². The minimum absolute atomic E-state index is 0.0855. The van der Waals surface area contributed by atoms with Crippen LogP contribution in [-0.4, -0.2) is 45.3 Å². The van der Waals surface area contributed by atoms with Gasteiger partial charge in [0, 0.05) is 44.5 Å². The van der Waals surface area contributed by atoms with Gasteiger partial charge in [0.15, 0.2) is 0 Å². The van der Waals surface area contributed by atoms with E-state index in [0.717, 1.165) is 37.6 Å². The summed E-state index contributed by atoms with van der Waals surface area (Å²) in [5.74, 6) is 1.47. The molecule has 3 aromatic heterocycles. The summed E-state index contributed by atoms with van der Waals surface area (Å²) in [5, 5.41) is 4.59. The highest BCUT2D eigenvalue weighted by Crippen LogP contribution is 2.17. The molecule has 0 radical (unpaired) electrons. The minimum Gasteiger partial charge on any atom is -0.353 e. The Hall–Kier alpha value is -3.94. The molecule has 1 aliphatic heterocycles. The van der Waals surface area contributed by atoms with Crippen LogP contribution < -0.4 is 20.9 Å². The molecule has 0 saturated carbocycles. The Morgan fingerprint density at radius 3 is 2.23 bits per heavy atom. The molecule has 0 aliphatic carbocycles. The molecule has 1 aliphatic rings. The van der Waals surface area contributed by atoms with Gasteiger partial charge in [-0.25, -0.2) is 9.67 Å². The second-order valence-electron chi connectivity index (χ2n) is 7.53. The Balaban J connectivity index is 1.32. The van der Waals surface area contributed by atoms with E-state index in [2.05, 4.69) is 19.9 Å². The Bertz CT molecular complexity index is 1320. The molecule has 1 saturated heterocycles. The molecule has 0 unspecified atom stereocenters. The molecule has 0 amide bonds. The van der Waals surface area contributed by atoms with Crippen molar-refractivity contribution in [1.29, 1.82) is 0 Å². The number of nitrogens with zero attached hydrogens (tertiary/aromatic N) is 6. The number of anilines is 2. The largest absolute Gasteiger partial charge is 0.353 e. The molecule has 0 N–H and O–H groups in total. The van der Waals surface area contributed by atoms with Crippen molar-refractivity contribution in [1.82, 2.24) is 19.2 Å². The topological polar surface area (TPSA) is 75.7 Å². The van der Waals surface area contributed by atoms with Crippen LogP contribution in [0, 0.1) is 0 Å². The van der Waals surface area contributed by atoms with E-state index in [-0.39, 0.29) is 11.1 Å². The lowest BCUT2D eigenvalue weighted by Crippen LogP contribution is -2.47. The van der Waals surface area contributed by atoms with Crippen LogP contribution in [-0.2, 0) is 6.54 Å². The van der Waals surface area contributed by atoms with Crippen molar-refractivity contribution in [3.63, 3.8) is 0 Å². The van der Waals surface area contributed by atoms with Crippen molar-refractivity contribution in [3.05, 3.63) is 99.2 Å². The van der Waals surface area contributed by atoms with Gasteiger partial charge in [-0.3, -0.25) is 14.0 Å². The molecule has 1 aromatic carbocycles. The van der Waals surface area contributed by atoms with Crippen molar-refractivity contribution < 1.29 is 0 Å². The van der Waals surface area contributed by atoms with Gasteiger partial charge in [0.2, 0.25) is 0 Å². The van der Waals surface area contributed by atoms with Crippen molar-refractivity contribution in [2.45, 2.75) is 6.54 Å². The van der Waals surface area contributed by atoms with Crippen LogP contribution in [0.15, 0.2) is 82.5 Å². The van der Waals surface area contributed by atoms with Gasteiger partial charge in [0.25, 0.3) is 11.1 Å². The van der Waals surface area contributed by atoms with E-state index in [1.54, 1.807) is 28.8 Å². The summed E-state index contributed by atoms with van der Waals surface area (Å²) < 4.78 is 3.04. The number of benzene rings is 1. The lowest BCUT2D eigenvalue weighted by Gasteiger charge is -2.36. The fourth-order valence-corrected chi connectivity index (χ4v) is 3.84. The predicted molar refractivity (Wildman–Crippen MR) is 120 cm³/mol. The number of piperazine rings is 1. The van der Waals surface area contributed by atoms with E-state index in [1.807, 2.05) is 48.5 Å². The standard InChI is InChI=1S/C23H22N6O2/c30-22-10-9-20(25-29(22)17-18-6-2-1-3-7-18)26-12-14-27(15-13-26)21-16-23(31)28-11-5-4-8-19(28)24-21/h1-11,16H,12-15,17H2. The van der Waals surface area contributed by atoms with Crippen LogP contribution in [0.1, 0.15) is 5.56 Å². The summed E-state index contributed by atoms with van der Waals surface area (Å²) in [6.07, 6.45) is 1.72. The van der Waals surface area contributed by atoms with Crippen molar-refractivity contribution in [2.75, 3.05) is 36.0 Å². The number of hydrogen-bond donors (Lipinski definition) is 0. The van der Waals surface area contributed by atoms with Gasteiger partial charge < -0.3 is 9.80 Å². The maximum atomic E-state index is 12.4. The van der Waals surface area contributed by atoms with Crippen LogP contribution in [0.2, 0.25) is 0 Å². The van der Waals surface area contributed by atoms with E-state index in [4.69, 9.17) is 0 Å².